The quantitative estimate of drug-likeness (QED) is 0.212. The lowest BCUT2D eigenvalue weighted by atomic mass is 10.2. The van der Waals surface area contributed by atoms with Gasteiger partial charge in [0.1, 0.15) is 30.5 Å². The number of nitriles is 1. The van der Waals surface area contributed by atoms with Gasteiger partial charge >= 0.3 is 11.9 Å². The zero-order chi connectivity index (χ0) is 26.1. The molecule has 0 aliphatic rings. The van der Waals surface area contributed by atoms with Crippen molar-refractivity contribution in [3.8, 4) is 6.07 Å². The number of hydrogen-bond donors (Lipinski definition) is 1. The van der Waals surface area contributed by atoms with Crippen LogP contribution >= 0.6 is 15.9 Å². The second kappa shape index (κ2) is 12.2. The summed E-state index contributed by atoms with van der Waals surface area (Å²) in [5.41, 5.74) is 0.401. The Morgan fingerprint density at radius 1 is 1.14 bits per heavy atom. The van der Waals surface area contributed by atoms with E-state index >= 15 is 0 Å². The number of azo groups is 1. The topological polar surface area (TPSA) is 177 Å². The number of nitro benzene ring substituents is 1. The molecule has 0 aliphatic heterocycles. The van der Waals surface area contributed by atoms with E-state index in [2.05, 4.69) is 40.9 Å². The molecule has 35 heavy (non-hydrogen) atoms. The van der Waals surface area contributed by atoms with Gasteiger partial charge in [0.05, 0.1) is 34.9 Å². The van der Waals surface area contributed by atoms with Gasteiger partial charge in [-0.3, -0.25) is 24.5 Å². The standard InChI is InChI=1S/C21H19BrN6O7/c1-12(29)24-18-8-14(27(10-19(30)34-2)11-20(31)35-3)4-5-17(18)25-26-21-13(9-23)6-15(28(32)33)7-16(21)22/h4-8H,10-11H2,1-3H3,(H,24,29). The van der Waals surface area contributed by atoms with E-state index in [1.165, 1.54) is 50.3 Å². The molecule has 0 aliphatic carbocycles. The van der Waals surface area contributed by atoms with Crippen LogP contribution < -0.4 is 10.2 Å². The number of non-ortho nitro benzene ring substituents is 1. The highest BCUT2D eigenvalue weighted by Gasteiger charge is 2.19. The van der Waals surface area contributed by atoms with Crippen LogP contribution in [0, 0.1) is 21.4 Å². The number of ether oxygens (including phenoxy) is 2. The highest BCUT2D eigenvalue weighted by atomic mass is 79.9. The van der Waals surface area contributed by atoms with Crippen molar-refractivity contribution in [3.63, 3.8) is 0 Å². The number of benzene rings is 2. The molecule has 0 saturated heterocycles. The summed E-state index contributed by atoms with van der Waals surface area (Å²) in [6.07, 6.45) is 0. The van der Waals surface area contributed by atoms with Gasteiger partial charge in [-0.1, -0.05) is 0 Å². The van der Waals surface area contributed by atoms with Crippen LogP contribution in [0.2, 0.25) is 0 Å². The van der Waals surface area contributed by atoms with Gasteiger partial charge in [-0.05, 0) is 34.1 Å². The fourth-order valence-electron chi connectivity index (χ4n) is 2.76. The summed E-state index contributed by atoms with van der Waals surface area (Å²) in [5, 5.41) is 31.1. The highest BCUT2D eigenvalue weighted by Crippen LogP contribution is 2.36. The van der Waals surface area contributed by atoms with E-state index in [9.17, 15) is 29.8 Å². The van der Waals surface area contributed by atoms with Crippen LogP contribution in [0.3, 0.4) is 0 Å². The summed E-state index contributed by atoms with van der Waals surface area (Å²) in [6, 6.07) is 8.55. The molecule has 1 N–H and O–H groups in total. The van der Waals surface area contributed by atoms with Crippen LogP contribution in [-0.2, 0) is 23.9 Å². The SMILES string of the molecule is COC(=O)CN(CC(=O)OC)c1ccc(N=Nc2c(Br)cc([N+](=O)[O-])cc2C#N)c(NC(C)=O)c1. The van der Waals surface area contributed by atoms with E-state index < -0.39 is 22.8 Å². The van der Waals surface area contributed by atoms with Crippen molar-refractivity contribution in [1.82, 2.24) is 0 Å². The van der Waals surface area contributed by atoms with Crippen molar-refractivity contribution in [2.45, 2.75) is 6.92 Å². The number of amides is 1. The number of carbonyl (C=O) groups excluding carboxylic acids is 3. The van der Waals surface area contributed by atoms with E-state index in [1.807, 2.05) is 6.07 Å². The second-order valence-electron chi connectivity index (χ2n) is 6.78. The molecule has 0 heterocycles. The van der Waals surface area contributed by atoms with Gasteiger partial charge in [0.2, 0.25) is 5.91 Å². The number of nitrogens with zero attached hydrogens (tertiary/aromatic N) is 5. The largest absolute Gasteiger partial charge is 0.468 e. The first-order chi connectivity index (χ1) is 16.6. The second-order valence-corrected chi connectivity index (χ2v) is 7.64. The molecule has 0 unspecified atom stereocenters. The van der Waals surface area contributed by atoms with Gasteiger partial charge < -0.3 is 19.7 Å². The molecular formula is C21H19BrN6O7. The van der Waals surface area contributed by atoms with E-state index in [-0.39, 0.29) is 45.9 Å². The van der Waals surface area contributed by atoms with Crippen molar-refractivity contribution < 1.29 is 28.8 Å². The molecule has 2 aromatic carbocycles. The molecule has 0 bridgehead atoms. The summed E-state index contributed by atoms with van der Waals surface area (Å²) in [7, 11) is 2.41. The number of halogens is 1. The van der Waals surface area contributed by atoms with Gasteiger partial charge in [-0.25, -0.2) is 0 Å². The van der Waals surface area contributed by atoms with Crippen molar-refractivity contribution in [2.24, 2.45) is 10.2 Å². The minimum Gasteiger partial charge on any atom is -0.468 e. The van der Waals surface area contributed by atoms with Crippen LogP contribution in [0.1, 0.15) is 12.5 Å². The first-order valence-corrected chi connectivity index (χ1v) is 10.5. The minimum atomic E-state index is -0.644. The third-order valence-electron chi connectivity index (χ3n) is 4.39. The highest BCUT2D eigenvalue weighted by molar-refractivity contribution is 9.10. The molecule has 2 aromatic rings. The molecule has 1 amide bonds. The minimum absolute atomic E-state index is 0.0500. The number of hydrogen-bond acceptors (Lipinski definition) is 11. The van der Waals surface area contributed by atoms with E-state index in [0.29, 0.717) is 5.69 Å². The summed E-state index contributed by atoms with van der Waals surface area (Å²) >= 11 is 3.16. The van der Waals surface area contributed by atoms with E-state index in [4.69, 9.17) is 0 Å². The number of carbonyl (C=O) groups is 3. The summed E-state index contributed by atoms with van der Waals surface area (Å²) in [6.45, 7) is 0.732. The summed E-state index contributed by atoms with van der Waals surface area (Å²) in [4.78, 5) is 47.2. The average molecular weight is 547 g/mol. The Morgan fingerprint density at radius 3 is 2.29 bits per heavy atom. The maximum Gasteiger partial charge on any atom is 0.325 e. The molecule has 13 nitrogen and oxygen atoms in total. The molecule has 2 rings (SSSR count). The molecule has 0 fully saturated rings. The lowest BCUT2D eigenvalue weighted by Crippen LogP contribution is -2.35. The number of methoxy groups -OCH3 is 2. The smallest absolute Gasteiger partial charge is 0.325 e. The normalized spacial score (nSPS) is 10.4. The number of anilines is 2. The van der Waals surface area contributed by atoms with Crippen molar-refractivity contribution in [2.75, 3.05) is 37.5 Å². The lowest BCUT2D eigenvalue weighted by molar-refractivity contribution is -0.384. The van der Waals surface area contributed by atoms with Gasteiger partial charge in [0.25, 0.3) is 5.69 Å². The first kappa shape index (κ1) is 26.9. The Labute approximate surface area is 207 Å². The van der Waals surface area contributed by atoms with E-state index in [0.717, 1.165) is 6.07 Å². The van der Waals surface area contributed by atoms with Crippen LogP contribution in [-0.4, -0.2) is 50.1 Å². The Morgan fingerprint density at radius 2 is 1.77 bits per heavy atom. The zero-order valence-corrected chi connectivity index (χ0v) is 20.4. The Kier molecular flexibility index (Phi) is 9.36. The Bertz CT molecular complexity index is 1220. The predicted octanol–water partition coefficient (Wildman–Crippen LogP) is 3.76. The molecule has 0 spiro atoms. The monoisotopic (exact) mass is 546 g/mol. The van der Waals surface area contributed by atoms with Crippen molar-refractivity contribution >= 4 is 62.2 Å². The molecule has 0 atom stereocenters. The first-order valence-electron chi connectivity index (χ1n) is 9.69. The molecule has 0 saturated carbocycles. The third-order valence-corrected chi connectivity index (χ3v) is 4.99. The van der Waals surface area contributed by atoms with E-state index in [1.54, 1.807) is 0 Å². The maximum atomic E-state index is 11.8. The number of nitrogens with one attached hydrogen (secondary N) is 1. The lowest BCUT2D eigenvalue weighted by Gasteiger charge is -2.23. The van der Waals surface area contributed by atoms with Crippen LogP contribution in [0.4, 0.5) is 28.4 Å². The maximum absolute atomic E-state index is 11.8. The van der Waals surface area contributed by atoms with Crippen LogP contribution in [0.15, 0.2) is 45.0 Å². The van der Waals surface area contributed by atoms with Crippen molar-refractivity contribution in [1.29, 1.82) is 5.26 Å². The molecular weight excluding hydrogens is 528 g/mol. The average Bonchev–Trinajstić information content (AvgIpc) is 2.82. The molecule has 14 heteroatoms. The molecule has 0 aromatic heterocycles. The fourth-order valence-corrected chi connectivity index (χ4v) is 3.29. The molecule has 182 valence electrons. The predicted molar refractivity (Wildman–Crippen MR) is 127 cm³/mol. The third kappa shape index (κ3) is 7.30. The van der Waals surface area contributed by atoms with Gasteiger partial charge in [0, 0.05) is 24.7 Å². The summed E-state index contributed by atoms with van der Waals surface area (Å²) < 4.78 is 9.51. The van der Waals surface area contributed by atoms with Gasteiger partial charge in [0.15, 0.2) is 0 Å². The van der Waals surface area contributed by atoms with Crippen LogP contribution in [0.5, 0.6) is 0 Å². The zero-order valence-electron chi connectivity index (χ0n) is 18.8. The molecule has 0 radical (unpaired) electrons. The van der Waals surface area contributed by atoms with Gasteiger partial charge in [-0.2, -0.15) is 5.26 Å². The number of esters is 2. The Hall–Kier alpha value is -4.38. The Balaban J connectivity index is 2.52. The number of rotatable bonds is 9. The van der Waals surface area contributed by atoms with Crippen LogP contribution in [0.25, 0.3) is 0 Å². The number of nitro groups is 1. The van der Waals surface area contributed by atoms with Gasteiger partial charge in [-0.15, -0.1) is 10.2 Å². The fraction of sp³-hybridized carbons (Fsp3) is 0.238. The van der Waals surface area contributed by atoms with Crippen molar-refractivity contribution in [3.05, 3.63) is 50.5 Å². The summed E-state index contributed by atoms with van der Waals surface area (Å²) in [5.74, 6) is -1.64.